The van der Waals surface area contributed by atoms with Gasteiger partial charge in [-0.05, 0) is 25.0 Å². The van der Waals surface area contributed by atoms with E-state index in [1.54, 1.807) is 0 Å². The first kappa shape index (κ1) is 10.3. The van der Waals surface area contributed by atoms with Gasteiger partial charge in [0.15, 0.2) is 0 Å². The second-order valence-corrected chi connectivity index (χ2v) is 4.27. The largest absolute Gasteiger partial charge is 0.386 e. The Hall–Kier alpha value is -1.18. The molecule has 0 aromatic heterocycles. The van der Waals surface area contributed by atoms with Gasteiger partial charge in [0, 0.05) is 13.1 Å². The first-order valence-corrected chi connectivity index (χ1v) is 5.93. The van der Waals surface area contributed by atoms with Crippen molar-refractivity contribution < 1.29 is 0 Å². The highest BCUT2D eigenvalue weighted by molar-refractivity contribution is 5.68. The molecule has 82 valence electrons. The van der Waals surface area contributed by atoms with Crippen LogP contribution >= 0.6 is 0 Å². The smallest absolute Gasteiger partial charge is 0.0578 e. The Balaban J connectivity index is 2.02. The van der Waals surface area contributed by atoms with Gasteiger partial charge < -0.3 is 10.6 Å². The minimum Gasteiger partial charge on any atom is -0.386 e. The second kappa shape index (κ2) is 5.06. The van der Waals surface area contributed by atoms with Gasteiger partial charge in [-0.2, -0.15) is 0 Å². The fraction of sp³-hybridized carbons (Fsp3) is 0.538. The van der Waals surface area contributed by atoms with Gasteiger partial charge in [0.1, 0.15) is 0 Å². The lowest BCUT2D eigenvalue weighted by Gasteiger charge is -2.25. The van der Waals surface area contributed by atoms with E-state index >= 15 is 0 Å². The molecule has 0 spiro atoms. The van der Waals surface area contributed by atoms with Crippen molar-refractivity contribution in [1.82, 2.24) is 0 Å². The fourth-order valence-corrected chi connectivity index (χ4v) is 2.29. The monoisotopic (exact) mass is 204 g/mol. The molecule has 1 aromatic carbocycles. The molecular weight excluding hydrogens is 184 g/mol. The van der Waals surface area contributed by atoms with E-state index in [-0.39, 0.29) is 0 Å². The Morgan fingerprint density at radius 3 is 2.33 bits per heavy atom. The molecule has 0 saturated heterocycles. The minimum atomic E-state index is 0.674. The van der Waals surface area contributed by atoms with Crippen LogP contribution in [0.25, 0.3) is 0 Å². The first-order chi connectivity index (χ1) is 7.40. The zero-order valence-corrected chi connectivity index (χ0v) is 9.42. The minimum absolute atomic E-state index is 0.674. The van der Waals surface area contributed by atoms with E-state index < -0.39 is 0 Å². The van der Waals surface area contributed by atoms with Crippen molar-refractivity contribution in [3.05, 3.63) is 24.3 Å². The highest BCUT2D eigenvalue weighted by Gasteiger charge is 2.13. The number of para-hydroxylation sites is 2. The summed E-state index contributed by atoms with van der Waals surface area (Å²) >= 11 is 0. The van der Waals surface area contributed by atoms with Crippen LogP contribution in [0.15, 0.2) is 24.3 Å². The summed E-state index contributed by atoms with van der Waals surface area (Å²) in [5.74, 6) is 0. The third-order valence-corrected chi connectivity index (χ3v) is 3.16. The molecule has 1 aromatic rings. The first-order valence-electron chi connectivity index (χ1n) is 5.93. The Labute approximate surface area is 92.1 Å². The average molecular weight is 204 g/mol. The lowest BCUT2D eigenvalue weighted by atomic mass is 9.95. The van der Waals surface area contributed by atoms with E-state index in [1.165, 1.54) is 43.5 Å². The lowest BCUT2D eigenvalue weighted by Crippen LogP contribution is -2.22. The van der Waals surface area contributed by atoms with E-state index in [0.717, 1.165) is 0 Å². The molecule has 15 heavy (non-hydrogen) atoms. The van der Waals surface area contributed by atoms with Crippen LogP contribution in [0.3, 0.4) is 0 Å². The maximum Gasteiger partial charge on any atom is 0.0578 e. The summed E-state index contributed by atoms with van der Waals surface area (Å²) in [7, 11) is 1.97. The summed E-state index contributed by atoms with van der Waals surface area (Å²) in [6.45, 7) is 0. The molecule has 0 bridgehead atoms. The third kappa shape index (κ3) is 2.65. The van der Waals surface area contributed by atoms with Gasteiger partial charge in [-0.1, -0.05) is 31.4 Å². The second-order valence-electron chi connectivity index (χ2n) is 4.27. The Morgan fingerprint density at radius 1 is 1.00 bits per heavy atom. The quantitative estimate of drug-likeness (QED) is 0.787. The van der Waals surface area contributed by atoms with Crippen molar-refractivity contribution in [2.45, 2.75) is 38.1 Å². The normalized spacial score (nSPS) is 17.4. The third-order valence-electron chi connectivity index (χ3n) is 3.16. The number of hydrogen-bond donors (Lipinski definition) is 2. The zero-order chi connectivity index (χ0) is 10.5. The molecule has 0 radical (unpaired) electrons. The van der Waals surface area contributed by atoms with Crippen molar-refractivity contribution in [3.63, 3.8) is 0 Å². The average Bonchev–Trinajstić information content (AvgIpc) is 2.31. The van der Waals surface area contributed by atoms with Crippen molar-refractivity contribution in [2.24, 2.45) is 0 Å². The van der Waals surface area contributed by atoms with Crippen LogP contribution in [0.4, 0.5) is 11.4 Å². The molecule has 0 heterocycles. The molecule has 1 fully saturated rings. The summed E-state index contributed by atoms with van der Waals surface area (Å²) in [5.41, 5.74) is 2.44. The number of anilines is 2. The predicted molar refractivity (Wildman–Crippen MR) is 66.5 cm³/mol. The topological polar surface area (TPSA) is 24.1 Å². The predicted octanol–water partition coefficient (Wildman–Crippen LogP) is 3.47. The highest BCUT2D eigenvalue weighted by atomic mass is 15.0. The number of hydrogen-bond acceptors (Lipinski definition) is 2. The SMILES string of the molecule is CNc1ccccc1NC1CCCCC1. The summed E-state index contributed by atoms with van der Waals surface area (Å²) in [4.78, 5) is 0. The van der Waals surface area contributed by atoms with Crippen LogP contribution in [0.1, 0.15) is 32.1 Å². The molecule has 0 aliphatic heterocycles. The molecule has 2 heteroatoms. The van der Waals surface area contributed by atoms with E-state index in [0.29, 0.717) is 6.04 Å². The molecule has 2 nitrogen and oxygen atoms in total. The standard InChI is InChI=1S/C13H20N2/c1-14-12-9-5-6-10-13(12)15-11-7-3-2-4-8-11/h5-6,9-11,14-15H,2-4,7-8H2,1H3. The van der Waals surface area contributed by atoms with E-state index in [2.05, 4.69) is 34.9 Å². The van der Waals surface area contributed by atoms with Crippen LogP contribution in [-0.4, -0.2) is 13.1 Å². The van der Waals surface area contributed by atoms with Crippen LogP contribution in [0.5, 0.6) is 0 Å². The van der Waals surface area contributed by atoms with Crippen LogP contribution < -0.4 is 10.6 Å². The maximum atomic E-state index is 3.64. The molecule has 1 saturated carbocycles. The Bertz CT molecular complexity index is 303. The maximum absolute atomic E-state index is 3.64. The van der Waals surface area contributed by atoms with Crippen LogP contribution in [-0.2, 0) is 0 Å². The van der Waals surface area contributed by atoms with Crippen molar-refractivity contribution in [2.75, 3.05) is 17.7 Å². The molecule has 0 atom stereocenters. The van der Waals surface area contributed by atoms with Gasteiger partial charge in [-0.3, -0.25) is 0 Å². The number of rotatable bonds is 3. The summed E-state index contributed by atoms with van der Waals surface area (Å²) < 4.78 is 0. The van der Waals surface area contributed by atoms with Gasteiger partial charge in [0.05, 0.1) is 11.4 Å². The molecule has 2 N–H and O–H groups in total. The molecule has 0 amide bonds. The van der Waals surface area contributed by atoms with Crippen LogP contribution in [0.2, 0.25) is 0 Å². The van der Waals surface area contributed by atoms with Gasteiger partial charge in [-0.15, -0.1) is 0 Å². The van der Waals surface area contributed by atoms with Crippen molar-refractivity contribution in [1.29, 1.82) is 0 Å². The van der Waals surface area contributed by atoms with Crippen molar-refractivity contribution in [3.8, 4) is 0 Å². The molecule has 0 unspecified atom stereocenters. The van der Waals surface area contributed by atoms with E-state index in [9.17, 15) is 0 Å². The fourth-order valence-electron chi connectivity index (χ4n) is 2.29. The Morgan fingerprint density at radius 2 is 1.67 bits per heavy atom. The van der Waals surface area contributed by atoms with Crippen LogP contribution in [0, 0.1) is 0 Å². The van der Waals surface area contributed by atoms with Crippen molar-refractivity contribution >= 4 is 11.4 Å². The number of nitrogens with one attached hydrogen (secondary N) is 2. The van der Waals surface area contributed by atoms with Gasteiger partial charge in [0.25, 0.3) is 0 Å². The van der Waals surface area contributed by atoms with E-state index in [4.69, 9.17) is 0 Å². The molecule has 1 aliphatic rings. The Kier molecular flexibility index (Phi) is 3.49. The summed E-state index contributed by atoms with van der Waals surface area (Å²) in [6.07, 6.45) is 6.79. The molecular formula is C13H20N2. The zero-order valence-electron chi connectivity index (χ0n) is 9.42. The van der Waals surface area contributed by atoms with E-state index in [1.807, 2.05) is 7.05 Å². The highest BCUT2D eigenvalue weighted by Crippen LogP contribution is 2.26. The molecule has 2 rings (SSSR count). The van der Waals surface area contributed by atoms with Gasteiger partial charge in [-0.25, -0.2) is 0 Å². The lowest BCUT2D eigenvalue weighted by molar-refractivity contribution is 0.463. The number of benzene rings is 1. The summed E-state index contributed by atoms with van der Waals surface area (Å²) in [6, 6.07) is 9.10. The van der Waals surface area contributed by atoms with Gasteiger partial charge in [0.2, 0.25) is 0 Å². The summed E-state index contributed by atoms with van der Waals surface area (Å²) in [5, 5.41) is 6.86. The molecule has 1 aliphatic carbocycles. The van der Waals surface area contributed by atoms with Gasteiger partial charge >= 0.3 is 0 Å².